The van der Waals surface area contributed by atoms with Gasteiger partial charge < -0.3 is 10.2 Å². The van der Waals surface area contributed by atoms with Crippen molar-refractivity contribution in [3.05, 3.63) is 70.7 Å². The fourth-order valence-corrected chi connectivity index (χ4v) is 2.37. The zero-order valence-corrected chi connectivity index (χ0v) is 11.4. The molecule has 0 saturated carbocycles. The van der Waals surface area contributed by atoms with Crippen molar-refractivity contribution >= 4 is 22.6 Å². The second-order valence-electron chi connectivity index (χ2n) is 4.77. The first-order valence-corrected chi connectivity index (χ1v) is 6.68. The number of hydrogen-bond acceptors (Lipinski definition) is 2. The first kappa shape index (κ1) is 13.2. The Bertz CT molecular complexity index is 736. The molecule has 3 rings (SSSR count). The molecule has 3 aromatic rings. The normalized spacial score (nSPS) is 12.8. The summed E-state index contributed by atoms with van der Waals surface area (Å²) in [6.45, 7) is 0. The minimum absolute atomic E-state index is 0.249. The Balaban J connectivity index is 1.84. The highest BCUT2D eigenvalue weighted by molar-refractivity contribution is 6.31. The molecule has 1 heterocycles. The summed E-state index contributed by atoms with van der Waals surface area (Å²) in [5.41, 5.74) is 7.88. The van der Waals surface area contributed by atoms with E-state index in [1.54, 1.807) is 18.2 Å². The summed E-state index contributed by atoms with van der Waals surface area (Å²) in [6.07, 6.45) is 0.591. The van der Waals surface area contributed by atoms with E-state index < -0.39 is 0 Å². The molecule has 1 unspecified atom stereocenters. The van der Waals surface area contributed by atoms with Crippen LogP contribution in [-0.4, -0.2) is 0 Å². The smallest absolute Gasteiger partial charge is 0.134 e. The SMILES string of the molecule is NC(Cc1ccc(F)cc1)c1cc2cc(Cl)ccc2o1. The van der Waals surface area contributed by atoms with E-state index in [-0.39, 0.29) is 11.9 Å². The predicted molar refractivity (Wildman–Crippen MR) is 78.3 cm³/mol. The second kappa shape index (κ2) is 5.27. The molecule has 0 bridgehead atoms. The minimum atomic E-state index is -0.272. The van der Waals surface area contributed by atoms with E-state index in [2.05, 4.69) is 0 Å². The molecule has 0 aliphatic rings. The van der Waals surface area contributed by atoms with Crippen LogP contribution < -0.4 is 5.73 Å². The third kappa shape index (κ3) is 2.69. The van der Waals surface area contributed by atoms with E-state index in [0.29, 0.717) is 17.2 Å². The zero-order chi connectivity index (χ0) is 14.1. The van der Waals surface area contributed by atoms with Crippen LogP contribution >= 0.6 is 11.6 Å². The van der Waals surface area contributed by atoms with Crippen molar-refractivity contribution in [1.29, 1.82) is 0 Å². The molecule has 4 heteroatoms. The molecular formula is C16H13ClFNO. The summed E-state index contributed by atoms with van der Waals surface area (Å²) in [5.74, 6) is 0.451. The van der Waals surface area contributed by atoms with Crippen molar-refractivity contribution in [3.63, 3.8) is 0 Å². The van der Waals surface area contributed by atoms with Crippen LogP contribution in [0.2, 0.25) is 5.02 Å². The van der Waals surface area contributed by atoms with Crippen molar-refractivity contribution in [2.45, 2.75) is 12.5 Å². The number of rotatable bonds is 3. The topological polar surface area (TPSA) is 39.2 Å². The third-order valence-electron chi connectivity index (χ3n) is 3.23. The van der Waals surface area contributed by atoms with Crippen molar-refractivity contribution in [3.8, 4) is 0 Å². The number of hydrogen-bond donors (Lipinski definition) is 1. The number of furan rings is 1. The summed E-state index contributed by atoms with van der Waals surface area (Å²) < 4.78 is 18.6. The summed E-state index contributed by atoms with van der Waals surface area (Å²) in [6, 6.07) is 13.4. The van der Waals surface area contributed by atoms with E-state index >= 15 is 0 Å². The summed E-state index contributed by atoms with van der Waals surface area (Å²) in [7, 11) is 0. The van der Waals surface area contributed by atoms with Crippen molar-refractivity contribution in [1.82, 2.24) is 0 Å². The van der Waals surface area contributed by atoms with Crippen LogP contribution in [0, 0.1) is 5.82 Å². The average Bonchev–Trinajstić information content (AvgIpc) is 2.84. The molecule has 0 amide bonds. The molecule has 0 radical (unpaired) electrons. The van der Waals surface area contributed by atoms with Gasteiger partial charge in [0.15, 0.2) is 0 Å². The summed E-state index contributed by atoms with van der Waals surface area (Å²) in [4.78, 5) is 0. The molecule has 2 N–H and O–H groups in total. The molecule has 0 aliphatic carbocycles. The van der Waals surface area contributed by atoms with Gasteiger partial charge >= 0.3 is 0 Å². The van der Waals surface area contributed by atoms with E-state index in [0.717, 1.165) is 16.5 Å². The van der Waals surface area contributed by atoms with Gasteiger partial charge in [-0.25, -0.2) is 4.39 Å². The molecule has 1 aromatic heterocycles. The Labute approximate surface area is 121 Å². The van der Waals surface area contributed by atoms with Crippen LogP contribution in [0.5, 0.6) is 0 Å². The monoisotopic (exact) mass is 289 g/mol. The number of halogens is 2. The molecule has 0 spiro atoms. The highest BCUT2D eigenvalue weighted by atomic mass is 35.5. The first-order chi connectivity index (χ1) is 9.61. The van der Waals surface area contributed by atoms with E-state index in [1.165, 1.54) is 12.1 Å². The summed E-state index contributed by atoms with van der Waals surface area (Å²) in [5, 5.41) is 1.60. The van der Waals surface area contributed by atoms with Gasteiger partial charge in [0.25, 0.3) is 0 Å². The molecule has 20 heavy (non-hydrogen) atoms. The molecule has 0 saturated heterocycles. The van der Waals surface area contributed by atoms with Gasteiger partial charge in [0.1, 0.15) is 17.2 Å². The zero-order valence-electron chi connectivity index (χ0n) is 10.6. The highest BCUT2D eigenvalue weighted by Crippen LogP contribution is 2.27. The second-order valence-corrected chi connectivity index (χ2v) is 5.20. The Morgan fingerprint density at radius 3 is 2.60 bits per heavy atom. The lowest BCUT2D eigenvalue weighted by atomic mass is 10.0. The van der Waals surface area contributed by atoms with Gasteiger partial charge in [-0.3, -0.25) is 0 Å². The lowest BCUT2D eigenvalue weighted by molar-refractivity contribution is 0.494. The van der Waals surface area contributed by atoms with Crippen LogP contribution in [-0.2, 0) is 6.42 Å². The molecular weight excluding hydrogens is 277 g/mol. The quantitative estimate of drug-likeness (QED) is 0.773. The Morgan fingerprint density at radius 1 is 1.10 bits per heavy atom. The minimum Gasteiger partial charge on any atom is -0.459 e. The van der Waals surface area contributed by atoms with Gasteiger partial charge in [-0.15, -0.1) is 0 Å². The highest BCUT2D eigenvalue weighted by Gasteiger charge is 2.13. The standard InChI is InChI=1S/C16H13ClFNO/c17-12-3-6-15-11(8-12)9-16(20-15)14(19)7-10-1-4-13(18)5-2-10/h1-6,8-9,14H,7,19H2. The molecule has 0 aliphatic heterocycles. The molecule has 2 aromatic carbocycles. The maximum atomic E-state index is 12.9. The fraction of sp³-hybridized carbons (Fsp3) is 0.125. The van der Waals surface area contributed by atoms with Crippen LogP contribution in [0.4, 0.5) is 4.39 Å². The van der Waals surface area contributed by atoms with E-state index in [1.807, 2.05) is 18.2 Å². The van der Waals surface area contributed by atoms with Crippen LogP contribution in [0.15, 0.2) is 52.9 Å². The van der Waals surface area contributed by atoms with Gasteiger partial charge in [0.05, 0.1) is 6.04 Å². The Kier molecular flexibility index (Phi) is 3.47. The third-order valence-corrected chi connectivity index (χ3v) is 3.47. The largest absolute Gasteiger partial charge is 0.459 e. The van der Waals surface area contributed by atoms with Crippen molar-refractivity contribution in [2.75, 3.05) is 0 Å². The molecule has 2 nitrogen and oxygen atoms in total. The van der Waals surface area contributed by atoms with Crippen LogP contribution in [0.25, 0.3) is 11.0 Å². The maximum absolute atomic E-state index is 12.9. The number of nitrogens with two attached hydrogens (primary N) is 1. The number of benzene rings is 2. The van der Waals surface area contributed by atoms with E-state index in [4.69, 9.17) is 21.8 Å². The van der Waals surface area contributed by atoms with Crippen molar-refractivity contribution < 1.29 is 8.81 Å². The van der Waals surface area contributed by atoms with Gasteiger partial charge in [-0.05, 0) is 48.4 Å². The molecule has 0 fully saturated rings. The first-order valence-electron chi connectivity index (χ1n) is 6.31. The number of fused-ring (bicyclic) bond motifs is 1. The van der Waals surface area contributed by atoms with Crippen molar-refractivity contribution in [2.24, 2.45) is 5.73 Å². The molecule has 1 atom stereocenters. The lowest BCUT2D eigenvalue weighted by Gasteiger charge is -2.08. The van der Waals surface area contributed by atoms with Gasteiger partial charge in [-0.1, -0.05) is 23.7 Å². The Hall–Kier alpha value is -1.84. The Morgan fingerprint density at radius 2 is 1.85 bits per heavy atom. The van der Waals surface area contributed by atoms with E-state index in [9.17, 15) is 4.39 Å². The maximum Gasteiger partial charge on any atom is 0.134 e. The van der Waals surface area contributed by atoms with Gasteiger partial charge in [-0.2, -0.15) is 0 Å². The lowest BCUT2D eigenvalue weighted by Crippen LogP contribution is -2.12. The average molecular weight is 290 g/mol. The van der Waals surface area contributed by atoms with Crippen LogP contribution in [0.3, 0.4) is 0 Å². The molecule has 102 valence electrons. The predicted octanol–water partition coefficient (Wildman–Crippen LogP) is 4.47. The van der Waals surface area contributed by atoms with Gasteiger partial charge in [0, 0.05) is 10.4 Å². The van der Waals surface area contributed by atoms with Crippen LogP contribution in [0.1, 0.15) is 17.4 Å². The van der Waals surface area contributed by atoms with Gasteiger partial charge in [0.2, 0.25) is 0 Å². The fourth-order valence-electron chi connectivity index (χ4n) is 2.19. The summed E-state index contributed by atoms with van der Waals surface area (Å²) >= 11 is 5.94.